The lowest BCUT2D eigenvalue weighted by Crippen LogP contribution is -2.29. The summed E-state index contributed by atoms with van der Waals surface area (Å²) in [6, 6.07) is 3.21. The Morgan fingerprint density at radius 3 is 2.65 bits per heavy atom. The lowest BCUT2D eigenvalue weighted by Gasteiger charge is -2.13. The Kier molecular flexibility index (Phi) is 3.24. The highest BCUT2D eigenvalue weighted by Gasteiger charge is 2.37. The zero-order valence-corrected chi connectivity index (χ0v) is 10.8. The average Bonchev–Trinajstić information content (AvgIpc) is 2.83. The van der Waals surface area contributed by atoms with E-state index in [9.17, 15) is 9.59 Å². The highest BCUT2D eigenvalue weighted by Crippen LogP contribution is 2.25. The van der Waals surface area contributed by atoms with Crippen LogP contribution < -0.4 is 0 Å². The van der Waals surface area contributed by atoms with Gasteiger partial charge in [0.25, 0.3) is 5.91 Å². The van der Waals surface area contributed by atoms with Crippen molar-refractivity contribution >= 4 is 27.8 Å². The zero-order chi connectivity index (χ0) is 12.6. The summed E-state index contributed by atoms with van der Waals surface area (Å²) in [5, 5.41) is 8.99. The predicted molar refractivity (Wildman–Crippen MR) is 62.6 cm³/mol. The molecule has 1 aromatic heterocycles. The first-order valence-electron chi connectivity index (χ1n) is 5.26. The number of hydrogen-bond acceptors (Lipinski definition) is 3. The molecule has 2 unspecified atom stereocenters. The molecule has 6 heteroatoms. The minimum absolute atomic E-state index is 0.0325. The third-order valence-corrected chi connectivity index (χ3v) is 3.43. The molecule has 0 aliphatic carbocycles. The molecule has 1 N–H and O–H groups in total. The number of carbonyl (C=O) groups is 2. The zero-order valence-electron chi connectivity index (χ0n) is 9.22. The first-order chi connectivity index (χ1) is 7.99. The van der Waals surface area contributed by atoms with Gasteiger partial charge in [0.05, 0.1) is 5.92 Å². The van der Waals surface area contributed by atoms with Crippen LogP contribution in [0, 0.1) is 11.8 Å². The molecule has 1 aliphatic heterocycles. The van der Waals surface area contributed by atoms with Gasteiger partial charge in [0, 0.05) is 13.1 Å². The third-order valence-electron chi connectivity index (χ3n) is 3.00. The SMILES string of the molecule is CC1CN(C(=O)c2ccc(Br)o2)CC1C(=O)O. The van der Waals surface area contributed by atoms with Crippen LogP contribution in [0.15, 0.2) is 21.2 Å². The van der Waals surface area contributed by atoms with Gasteiger partial charge in [-0.3, -0.25) is 9.59 Å². The van der Waals surface area contributed by atoms with Crippen LogP contribution in [0.4, 0.5) is 0 Å². The Hall–Kier alpha value is -1.30. The maximum absolute atomic E-state index is 12.0. The molecule has 2 rings (SSSR count). The van der Waals surface area contributed by atoms with Gasteiger partial charge in [-0.25, -0.2) is 0 Å². The summed E-state index contributed by atoms with van der Waals surface area (Å²) in [5.74, 6) is -1.40. The van der Waals surface area contributed by atoms with Crippen LogP contribution in [0.25, 0.3) is 0 Å². The van der Waals surface area contributed by atoms with Crippen molar-refractivity contribution in [2.75, 3.05) is 13.1 Å². The lowest BCUT2D eigenvalue weighted by atomic mass is 9.99. The smallest absolute Gasteiger partial charge is 0.308 e. The van der Waals surface area contributed by atoms with E-state index in [-0.39, 0.29) is 24.1 Å². The molecule has 1 fully saturated rings. The number of carboxylic acids is 1. The van der Waals surface area contributed by atoms with Gasteiger partial charge in [-0.1, -0.05) is 6.92 Å². The number of carboxylic acid groups (broad SMARTS) is 1. The van der Waals surface area contributed by atoms with Crippen LogP contribution in [0.3, 0.4) is 0 Å². The molecular weight excluding hydrogens is 290 g/mol. The maximum atomic E-state index is 12.0. The Bertz CT molecular complexity index is 456. The van der Waals surface area contributed by atoms with E-state index in [0.29, 0.717) is 11.2 Å². The third kappa shape index (κ3) is 2.36. The van der Waals surface area contributed by atoms with Gasteiger partial charge in [-0.15, -0.1) is 0 Å². The van der Waals surface area contributed by atoms with Crippen LogP contribution in [-0.4, -0.2) is 35.0 Å². The van der Waals surface area contributed by atoms with Gasteiger partial charge in [-0.2, -0.15) is 0 Å². The second-order valence-corrected chi connectivity index (χ2v) is 5.02. The fourth-order valence-electron chi connectivity index (χ4n) is 2.04. The number of likely N-dealkylation sites (tertiary alicyclic amines) is 1. The van der Waals surface area contributed by atoms with E-state index >= 15 is 0 Å². The van der Waals surface area contributed by atoms with Crippen molar-refractivity contribution in [1.82, 2.24) is 4.90 Å². The van der Waals surface area contributed by atoms with Crippen molar-refractivity contribution in [2.24, 2.45) is 11.8 Å². The Balaban J connectivity index is 2.10. The number of hydrogen-bond donors (Lipinski definition) is 1. The normalized spacial score (nSPS) is 24.0. The summed E-state index contributed by atoms with van der Waals surface area (Å²) in [6.07, 6.45) is 0. The molecule has 2 atom stereocenters. The van der Waals surface area contributed by atoms with Crippen molar-refractivity contribution in [3.8, 4) is 0 Å². The molecule has 1 saturated heterocycles. The summed E-state index contributed by atoms with van der Waals surface area (Å²) in [7, 11) is 0. The summed E-state index contributed by atoms with van der Waals surface area (Å²) in [6.45, 7) is 2.53. The van der Waals surface area contributed by atoms with E-state index in [0.717, 1.165) is 0 Å². The number of amides is 1. The molecular formula is C11H12BrNO4. The number of aliphatic carboxylic acids is 1. The first-order valence-corrected chi connectivity index (χ1v) is 6.05. The molecule has 1 amide bonds. The highest BCUT2D eigenvalue weighted by molar-refractivity contribution is 9.10. The van der Waals surface area contributed by atoms with Crippen molar-refractivity contribution in [3.63, 3.8) is 0 Å². The highest BCUT2D eigenvalue weighted by atomic mass is 79.9. The van der Waals surface area contributed by atoms with Crippen molar-refractivity contribution in [2.45, 2.75) is 6.92 Å². The maximum Gasteiger partial charge on any atom is 0.308 e. The standard InChI is InChI=1S/C11H12BrNO4/c1-6-4-13(5-7(6)11(15)16)10(14)8-2-3-9(12)17-8/h2-3,6-7H,4-5H2,1H3,(H,15,16). The van der Waals surface area contributed by atoms with Gasteiger partial charge >= 0.3 is 5.97 Å². The van der Waals surface area contributed by atoms with Gasteiger partial charge in [-0.05, 0) is 34.0 Å². The summed E-state index contributed by atoms with van der Waals surface area (Å²) < 4.78 is 5.66. The van der Waals surface area contributed by atoms with Gasteiger partial charge in [0.15, 0.2) is 10.4 Å². The molecule has 0 aromatic carbocycles. The van der Waals surface area contributed by atoms with E-state index in [2.05, 4.69) is 15.9 Å². The van der Waals surface area contributed by atoms with Crippen LogP contribution in [0.5, 0.6) is 0 Å². The number of rotatable bonds is 2. The average molecular weight is 302 g/mol. The number of halogens is 1. The lowest BCUT2D eigenvalue weighted by molar-refractivity contribution is -0.142. The monoisotopic (exact) mass is 301 g/mol. The van der Waals surface area contributed by atoms with Crippen LogP contribution in [-0.2, 0) is 4.79 Å². The quantitative estimate of drug-likeness (QED) is 0.905. The fourth-order valence-corrected chi connectivity index (χ4v) is 2.35. The Morgan fingerprint density at radius 1 is 1.47 bits per heavy atom. The van der Waals surface area contributed by atoms with E-state index in [1.54, 1.807) is 12.1 Å². The van der Waals surface area contributed by atoms with E-state index < -0.39 is 11.9 Å². The summed E-state index contributed by atoms with van der Waals surface area (Å²) in [5.41, 5.74) is 0. The summed E-state index contributed by atoms with van der Waals surface area (Å²) in [4.78, 5) is 24.5. The molecule has 0 saturated carbocycles. The molecule has 0 bridgehead atoms. The number of furan rings is 1. The second-order valence-electron chi connectivity index (χ2n) is 4.24. The van der Waals surface area contributed by atoms with Crippen LogP contribution in [0.1, 0.15) is 17.5 Å². The van der Waals surface area contributed by atoms with Crippen molar-refractivity contribution in [3.05, 3.63) is 22.6 Å². The molecule has 1 aliphatic rings. The predicted octanol–water partition coefficient (Wildman–Crippen LogP) is 1.83. The molecule has 2 heterocycles. The first kappa shape index (κ1) is 12.2. The fraction of sp³-hybridized carbons (Fsp3) is 0.455. The molecule has 0 spiro atoms. The molecule has 1 aromatic rings. The van der Waals surface area contributed by atoms with Gasteiger partial charge in [0.2, 0.25) is 0 Å². The van der Waals surface area contributed by atoms with E-state index in [1.165, 1.54) is 4.90 Å². The topological polar surface area (TPSA) is 70.8 Å². The van der Waals surface area contributed by atoms with Gasteiger partial charge < -0.3 is 14.4 Å². The van der Waals surface area contributed by atoms with Crippen LogP contribution in [0.2, 0.25) is 0 Å². The van der Waals surface area contributed by atoms with E-state index in [4.69, 9.17) is 9.52 Å². The van der Waals surface area contributed by atoms with Crippen molar-refractivity contribution < 1.29 is 19.1 Å². The van der Waals surface area contributed by atoms with Crippen molar-refractivity contribution in [1.29, 1.82) is 0 Å². The molecule has 92 valence electrons. The molecule has 17 heavy (non-hydrogen) atoms. The van der Waals surface area contributed by atoms with E-state index in [1.807, 2.05) is 6.92 Å². The second kappa shape index (κ2) is 4.52. The number of carbonyl (C=O) groups excluding carboxylic acids is 1. The van der Waals surface area contributed by atoms with Crippen LogP contribution >= 0.6 is 15.9 Å². The van der Waals surface area contributed by atoms with Gasteiger partial charge in [0.1, 0.15) is 0 Å². The largest absolute Gasteiger partial charge is 0.481 e. The minimum Gasteiger partial charge on any atom is -0.481 e. The molecule has 0 radical (unpaired) electrons. The molecule has 5 nitrogen and oxygen atoms in total. The Morgan fingerprint density at radius 2 is 2.18 bits per heavy atom. The number of nitrogens with zero attached hydrogens (tertiary/aromatic N) is 1. The minimum atomic E-state index is -0.853. The Labute approximate surface area is 107 Å². The summed E-state index contributed by atoms with van der Waals surface area (Å²) >= 11 is 3.12.